The van der Waals surface area contributed by atoms with Gasteiger partial charge in [-0.1, -0.05) is 51.8 Å². The molecule has 1 N–H and O–H groups in total. The van der Waals surface area contributed by atoms with Gasteiger partial charge in [0.25, 0.3) is 0 Å². The van der Waals surface area contributed by atoms with E-state index in [2.05, 4.69) is 5.32 Å². The number of amides is 2. The van der Waals surface area contributed by atoms with Gasteiger partial charge in [-0.3, -0.25) is 9.59 Å². The van der Waals surface area contributed by atoms with Crippen LogP contribution in [0.1, 0.15) is 34.1 Å². The van der Waals surface area contributed by atoms with Crippen molar-refractivity contribution >= 4 is 23.4 Å². The van der Waals surface area contributed by atoms with E-state index in [1.165, 1.54) is 5.54 Å². The summed E-state index contributed by atoms with van der Waals surface area (Å²) in [7, 11) is 0. The lowest BCUT2D eigenvalue weighted by molar-refractivity contribution is -0.152. The van der Waals surface area contributed by atoms with Gasteiger partial charge in [-0.25, -0.2) is 0 Å². The molecule has 1 aliphatic rings. The van der Waals surface area contributed by atoms with Gasteiger partial charge in [-0.2, -0.15) is 0 Å². The first-order chi connectivity index (χ1) is 8.93. The maximum absolute atomic E-state index is 12.5. The third-order valence-corrected chi connectivity index (χ3v) is 3.87. The summed E-state index contributed by atoms with van der Waals surface area (Å²) in [4.78, 5) is 26.4. The van der Waals surface area contributed by atoms with Crippen molar-refractivity contribution in [3.63, 3.8) is 0 Å². The van der Waals surface area contributed by atoms with Crippen molar-refractivity contribution in [3.8, 4) is 0 Å². The minimum absolute atomic E-state index is 0.0188. The molecule has 1 saturated heterocycles. The zero-order chi connectivity index (χ0) is 14.6. The van der Waals surface area contributed by atoms with Gasteiger partial charge in [0.15, 0.2) is 0 Å². The van der Waals surface area contributed by atoms with E-state index in [9.17, 15) is 9.59 Å². The summed E-state index contributed by atoms with van der Waals surface area (Å²) < 4.78 is 0. The molecule has 0 aliphatic carbocycles. The van der Waals surface area contributed by atoms with Gasteiger partial charge in [-0.05, 0) is 11.8 Å². The van der Waals surface area contributed by atoms with E-state index in [1.54, 1.807) is 11.0 Å². The maximum atomic E-state index is 12.5. The number of nitrogens with zero attached hydrogens (tertiary/aromatic N) is 1. The highest BCUT2D eigenvalue weighted by atomic mass is 35.5. The Morgan fingerprint density at radius 3 is 2.47 bits per heavy atom. The zero-order valence-corrected chi connectivity index (χ0v) is 12.8. The second-order valence-corrected chi connectivity index (χ2v) is 5.66. The van der Waals surface area contributed by atoms with E-state index in [0.29, 0.717) is 6.54 Å². The molecule has 0 aromatic rings. The minimum Gasteiger partial charge on any atom is -0.342 e. The van der Waals surface area contributed by atoms with E-state index in [1.807, 2.05) is 27.7 Å². The van der Waals surface area contributed by atoms with Crippen LogP contribution in [-0.4, -0.2) is 35.3 Å². The summed E-state index contributed by atoms with van der Waals surface area (Å²) in [6.07, 6.45) is 2.55. The largest absolute Gasteiger partial charge is 0.342 e. The number of piperazine rings is 1. The van der Waals surface area contributed by atoms with E-state index in [4.69, 9.17) is 11.6 Å². The molecule has 0 saturated carbocycles. The number of nitrogens with one attached hydrogen (secondary N) is 1. The van der Waals surface area contributed by atoms with Crippen LogP contribution in [0.15, 0.2) is 11.6 Å². The lowest BCUT2D eigenvalue weighted by atomic mass is 9.90. The monoisotopic (exact) mass is 286 g/mol. The molecule has 3 unspecified atom stereocenters. The van der Waals surface area contributed by atoms with Crippen LogP contribution in [0.3, 0.4) is 0 Å². The number of carbonyl (C=O) groups excluding carboxylic acids is 2. The summed E-state index contributed by atoms with van der Waals surface area (Å²) in [6.45, 7) is 8.26. The van der Waals surface area contributed by atoms with Crippen LogP contribution in [0.4, 0.5) is 0 Å². The molecule has 1 aliphatic heterocycles. The van der Waals surface area contributed by atoms with Gasteiger partial charge >= 0.3 is 0 Å². The molecule has 0 radical (unpaired) electrons. The van der Waals surface area contributed by atoms with Crippen molar-refractivity contribution in [1.29, 1.82) is 0 Å². The van der Waals surface area contributed by atoms with Crippen molar-refractivity contribution in [2.24, 2.45) is 11.8 Å². The molecule has 5 heteroatoms. The molecule has 2 amide bonds. The smallest absolute Gasteiger partial charge is 0.246 e. The van der Waals surface area contributed by atoms with Crippen molar-refractivity contribution in [3.05, 3.63) is 11.6 Å². The number of carbonyl (C=O) groups is 2. The van der Waals surface area contributed by atoms with Crippen molar-refractivity contribution in [2.75, 3.05) is 6.54 Å². The Labute approximate surface area is 120 Å². The summed E-state index contributed by atoms with van der Waals surface area (Å²) in [5, 5.41) is 2.85. The van der Waals surface area contributed by atoms with Crippen molar-refractivity contribution in [1.82, 2.24) is 10.2 Å². The quantitative estimate of drug-likeness (QED) is 0.842. The molecule has 1 rings (SSSR count). The van der Waals surface area contributed by atoms with Crippen LogP contribution in [0.5, 0.6) is 0 Å². The molecule has 4 nitrogen and oxygen atoms in total. The normalized spacial score (nSPS) is 26.1. The highest BCUT2D eigenvalue weighted by Gasteiger charge is 2.42. The van der Waals surface area contributed by atoms with Crippen molar-refractivity contribution in [2.45, 2.75) is 46.2 Å². The van der Waals surface area contributed by atoms with Crippen molar-refractivity contribution < 1.29 is 9.59 Å². The van der Waals surface area contributed by atoms with Gasteiger partial charge in [-0.15, -0.1) is 0 Å². The summed E-state index contributed by atoms with van der Waals surface area (Å²) >= 11 is 5.55. The second kappa shape index (κ2) is 6.94. The molecule has 1 fully saturated rings. The predicted octanol–water partition coefficient (Wildman–Crippen LogP) is 2.14. The molecule has 0 bridgehead atoms. The lowest BCUT2D eigenvalue weighted by Gasteiger charge is -2.42. The third kappa shape index (κ3) is 3.50. The molecule has 0 spiro atoms. The van der Waals surface area contributed by atoms with Crippen LogP contribution in [-0.2, 0) is 9.59 Å². The average Bonchev–Trinajstić information content (AvgIpc) is 2.37. The Balaban J connectivity index is 3.03. The first kappa shape index (κ1) is 16.0. The molecule has 0 aromatic carbocycles. The summed E-state index contributed by atoms with van der Waals surface area (Å²) in [6, 6.07) is -0.836. The molecular formula is C14H23ClN2O2. The van der Waals surface area contributed by atoms with E-state index in [-0.39, 0.29) is 23.7 Å². The molecule has 19 heavy (non-hydrogen) atoms. The van der Waals surface area contributed by atoms with Gasteiger partial charge in [0.1, 0.15) is 12.1 Å². The Kier molecular flexibility index (Phi) is 5.85. The predicted molar refractivity (Wildman–Crippen MR) is 76.7 cm³/mol. The highest BCUT2D eigenvalue weighted by Crippen LogP contribution is 2.22. The second-order valence-electron chi connectivity index (χ2n) is 5.41. The Morgan fingerprint density at radius 2 is 2.00 bits per heavy atom. The Hall–Kier alpha value is -1.03. The number of hydrogen-bond donors (Lipinski definition) is 1. The molecule has 108 valence electrons. The maximum Gasteiger partial charge on any atom is 0.246 e. The fraction of sp³-hybridized carbons (Fsp3) is 0.714. The fourth-order valence-corrected chi connectivity index (χ4v) is 2.43. The first-order valence-corrected chi connectivity index (χ1v) is 7.23. The van der Waals surface area contributed by atoms with Gasteiger partial charge in [0.2, 0.25) is 11.8 Å². The van der Waals surface area contributed by atoms with Gasteiger partial charge in [0, 0.05) is 12.1 Å². The summed E-state index contributed by atoms with van der Waals surface area (Å²) in [5.41, 5.74) is 1.39. The lowest BCUT2D eigenvalue weighted by Crippen LogP contribution is -2.66. The number of rotatable bonds is 5. The SMILES string of the molecule is CCC(C)C1C(=O)NC(C(C)C)C(=O)N1C/C=C/Cl. The summed E-state index contributed by atoms with van der Waals surface area (Å²) in [5.74, 6) is 0.128. The van der Waals surface area contributed by atoms with E-state index < -0.39 is 12.1 Å². The number of hydrogen-bond acceptors (Lipinski definition) is 2. The van der Waals surface area contributed by atoms with Gasteiger partial charge in [0.05, 0.1) is 0 Å². The number of halogens is 1. The average molecular weight is 287 g/mol. The Morgan fingerprint density at radius 1 is 1.37 bits per heavy atom. The molecule has 3 atom stereocenters. The van der Waals surface area contributed by atoms with Crippen LogP contribution >= 0.6 is 11.6 Å². The minimum atomic E-state index is -0.434. The Bertz CT molecular complexity index is 368. The van der Waals surface area contributed by atoms with Crippen LogP contribution in [0.2, 0.25) is 0 Å². The standard InChI is InChI=1S/C14H23ClN2O2/c1-5-10(4)12-13(18)16-11(9(2)3)14(19)17(12)8-6-7-15/h6-7,9-12H,5,8H2,1-4H3,(H,16,18)/b7-6+. The highest BCUT2D eigenvalue weighted by molar-refractivity contribution is 6.25. The van der Waals surface area contributed by atoms with E-state index >= 15 is 0 Å². The third-order valence-electron chi connectivity index (χ3n) is 3.69. The first-order valence-electron chi connectivity index (χ1n) is 6.80. The van der Waals surface area contributed by atoms with E-state index in [0.717, 1.165) is 6.42 Å². The van der Waals surface area contributed by atoms with Crippen LogP contribution in [0.25, 0.3) is 0 Å². The molecule has 0 aromatic heterocycles. The molecular weight excluding hydrogens is 264 g/mol. The topological polar surface area (TPSA) is 49.4 Å². The van der Waals surface area contributed by atoms with Crippen LogP contribution < -0.4 is 5.32 Å². The fourth-order valence-electron chi connectivity index (χ4n) is 2.36. The molecule has 1 heterocycles. The van der Waals surface area contributed by atoms with Gasteiger partial charge < -0.3 is 10.2 Å². The van der Waals surface area contributed by atoms with Crippen LogP contribution in [0, 0.1) is 11.8 Å². The zero-order valence-electron chi connectivity index (χ0n) is 12.0.